The first kappa shape index (κ1) is 11.4. The van der Waals surface area contributed by atoms with Crippen molar-refractivity contribution in [3.05, 3.63) is 42.0 Å². The van der Waals surface area contributed by atoms with Gasteiger partial charge in [0.05, 0.1) is 0 Å². The number of hydrogen-bond acceptors (Lipinski definition) is 3. The van der Waals surface area contributed by atoms with Crippen molar-refractivity contribution in [3.8, 4) is 0 Å². The lowest BCUT2D eigenvalue weighted by Gasteiger charge is -2.18. The third-order valence-corrected chi connectivity index (χ3v) is 2.61. The molecule has 0 saturated carbocycles. The highest BCUT2D eigenvalue weighted by Crippen LogP contribution is 2.25. The lowest BCUT2D eigenvalue weighted by molar-refractivity contribution is -0.153. The molecule has 1 amide bonds. The number of esters is 1. The van der Waals surface area contributed by atoms with Crippen molar-refractivity contribution < 1.29 is 14.3 Å². The highest BCUT2D eigenvalue weighted by molar-refractivity contribution is 6.21. The molecule has 1 aromatic rings. The number of carbonyl (C=O) groups is 2. The van der Waals surface area contributed by atoms with Crippen LogP contribution in [0.5, 0.6) is 0 Å². The van der Waals surface area contributed by atoms with Crippen LogP contribution in [0.25, 0.3) is 5.57 Å². The summed E-state index contributed by atoms with van der Waals surface area (Å²) in [5, 5.41) is 0. The van der Waals surface area contributed by atoms with Crippen molar-refractivity contribution in [2.75, 3.05) is 7.05 Å². The highest BCUT2D eigenvalue weighted by atomic mass is 16.6. The molecule has 0 bridgehead atoms. The Morgan fingerprint density at radius 1 is 1.29 bits per heavy atom. The number of amides is 1. The summed E-state index contributed by atoms with van der Waals surface area (Å²) in [6.07, 6.45) is 1.06. The Balaban J connectivity index is 2.29. The van der Waals surface area contributed by atoms with Gasteiger partial charge in [-0.3, -0.25) is 9.59 Å². The van der Waals surface area contributed by atoms with E-state index in [1.807, 2.05) is 30.3 Å². The minimum Gasteiger partial charge on any atom is -0.438 e. The van der Waals surface area contributed by atoms with Crippen molar-refractivity contribution in [1.29, 1.82) is 0 Å². The van der Waals surface area contributed by atoms with Crippen LogP contribution >= 0.6 is 0 Å². The molecule has 0 aliphatic carbocycles. The van der Waals surface area contributed by atoms with Gasteiger partial charge in [-0.25, -0.2) is 0 Å². The molecular formula is C13H13NO3. The Kier molecular flexibility index (Phi) is 2.95. The molecule has 1 aromatic carbocycles. The Morgan fingerprint density at radius 2 is 1.94 bits per heavy atom. The molecule has 0 saturated heterocycles. The van der Waals surface area contributed by atoms with Crippen LogP contribution in [0.4, 0.5) is 0 Å². The fourth-order valence-corrected chi connectivity index (χ4v) is 1.75. The van der Waals surface area contributed by atoms with Crippen molar-refractivity contribution in [1.82, 2.24) is 4.90 Å². The van der Waals surface area contributed by atoms with Gasteiger partial charge >= 0.3 is 5.97 Å². The zero-order chi connectivity index (χ0) is 12.4. The lowest BCUT2D eigenvalue weighted by Crippen LogP contribution is -2.33. The van der Waals surface area contributed by atoms with Gasteiger partial charge in [-0.15, -0.1) is 0 Å². The van der Waals surface area contributed by atoms with Crippen LogP contribution in [-0.2, 0) is 14.3 Å². The summed E-state index contributed by atoms with van der Waals surface area (Å²) in [4.78, 5) is 24.3. The van der Waals surface area contributed by atoms with Crippen LogP contribution in [0.3, 0.4) is 0 Å². The third kappa shape index (κ3) is 2.20. The number of benzene rings is 1. The number of hydrogen-bond donors (Lipinski definition) is 0. The minimum atomic E-state index is -0.602. The Labute approximate surface area is 99.5 Å². The largest absolute Gasteiger partial charge is 0.438 e. The summed E-state index contributed by atoms with van der Waals surface area (Å²) in [6, 6.07) is 9.32. The molecule has 4 nitrogen and oxygen atoms in total. The smallest absolute Gasteiger partial charge is 0.304 e. The SMILES string of the molecule is CC(=O)OC1C=C(c2ccccc2)C(=O)N1C. The van der Waals surface area contributed by atoms with Crippen LogP contribution in [0.15, 0.2) is 36.4 Å². The molecule has 0 fully saturated rings. The van der Waals surface area contributed by atoms with Crippen molar-refractivity contribution in [3.63, 3.8) is 0 Å². The first-order chi connectivity index (χ1) is 8.09. The molecule has 0 spiro atoms. The van der Waals surface area contributed by atoms with Crippen molar-refractivity contribution in [2.24, 2.45) is 0 Å². The first-order valence-electron chi connectivity index (χ1n) is 5.31. The van der Waals surface area contributed by atoms with Crippen LogP contribution in [0.2, 0.25) is 0 Å². The van der Waals surface area contributed by atoms with E-state index in [0.717, 1.165) is 5.56 Å². The molecule has 1 aliphatic rings. The average Bonchev–Trinajstić information content (AvgIpc) is 2.58. The normalized spacial score (nSPS) is 19.2. The fraction of sp³-hybridized carbons (Fsp3) is 0.231. The molecule has 2 rings (SSSR count). The average molecular weight is 231 g/mol. The van der Waals surface area contributed by atoms with E-state index in [4.69, 9.17) is 4.74 Å². The second kappa shape index (κ2) is 4.41. The summed E-state index contributed by atoms with van der Waals surface area (Å²) in [6.45, 7) is 1.33. The van der Waals surface area contributed by atoms with E-state index < -0.39 is 12.2 Å². The van der Waals surface area contributed by atoms with Gasteiger partial charge < -0.3 is 9.64 Å². The maximum Gasteiger partial charge on any atom is 0.304 e. The monoisotopic (exact) mass is 231 g/mol. The second-order valence-electron chi connectivity index (χ2n) is 3.86. The van der Waals surface area contributed by atoms with E-state index in [9.17, 15) is 9.59 Å². The zero-order valence-electron chi connectivity index (χ0n) is 9.71. The van der Waals surface area contributed by atoms with Gasteiger partial charge in [-0.05, 0) is 11.6 Å². The number of ether oxygens (including phenoxy) is 1. The predicted octanol–water partition coefficient (Wildman–Crippen LogP) is 1.43. The molecular weight excluding hydrogens is 218 g/mol. The fourth-order valence-electron chi connectivity index (χ4n) is 1.75. The van der Waals surface area contributed by atoms with Crippen LogP contribution < -0.4 is 0 Å². The van der Waals surface area contributed by atoms with E-state index in [-0.39, 0.29) is 5.91 Å². The van der Waals surface area contributed by atoms with E-state index >= 15 is 0 Å². The lowest BCUT2D eigenvalue weighted by atomic mass is 10.1. The summed E-state index contributed by atoms with van der Waals surface area (Å²) >= 11 is 0. The standard InChI is InChI=1S/C13H13NO3/c1-9(15)17-12-8-11(13(16)14(12)2)10-6-4-3-5-7-10/h3-8,12H,1-2H3. The molecule has 1 aliphatic heterocycles. The maximum absolute atomic E-state index is 12.0. The quantitative estimate of drug-likeness (QED) is 0.723. The van der Waals surface area contributed by atoms with E-state index in [1.54, 1.807) is 13.1 Å². The number of nitrogens with zero attached hydrogens (tertiary/aromatic N) is 1. The molecule has 17 heavy (non-hydrogen) atoms. The molecule has 0 N–H and O–H groups in total. The van der Waals surface area contributed by atoms with E-state index in [0.29, 0.717) is 5.57 Å². The van der Waals surface area contributed by atoms with Gasteiger partial charge in [0.25, 0.3) is 5.91 Å². The number of likely N-dealkylation sites (N-methyl/N-ethyl adjacent to an activating group) is 1. The summed E-state index contributed by atoms with van der Waals surface area (Å²) in [7, 11) is 1.61. The van der Waals surface area contributed by atoms with Crippen LogP contribution in [0, 0.1) is 0 Å². The summed E-state index contributed by atoms with van der Waals surface area (Å²) < 4.78 is 5.04. The van der Waals surface area contributed by atoms with Crippen LogP contribution in [0.1, 0.15) is 12.5 Å². The van der Waals surface area contributed by atoms with E-state index in [1.165, 1.54) is 11.8 Å². The molecule has 4 heteroatoms. The zero-order valence-corrected chi connectivity index (χ0v) is 9.71. The molecule has 1 unspecified atom stereocenters. The third-order valence-electron chi connectivity index (χ3n) is 2.61. The van der Waals surface area contributed by atoms with Gasteiger partial charge in [0.2, 0.25) is 0 Å². The Morgan fingerprint density at radius 3 is 2.53 bits per heavy atom. The predicted molar refractivity (Wildman–Crippen MR) is 62.7 cm³/mol. The van der Waals surface area contributed by atoms with Crippen molar-refractivity contribution in [2.45, 2.75) is 13.2 Å². The van der Waals surface area contributed by atoms with Crippen molar-refractivity contribution >= 4 is 17.4 Å². The molecule has 88 valence electrons. The highest BCUT2D eigenvalue weighted by Gasteiger charge is 2.31. The summed E-state index contributed by atoms with van der Waals surface area (Å²) in [5.74, 6) is -0.539. The Bertz CT molecular complexity index is 479. The summed E-state index contributed by atoms with van der Waals surface area (Å²) in [5.41, 5.74) is 1.40. The van der Waals surface area contributed by atoms with E-state index in [2.05, 4.69) is 0 Å². The second-order valence-corrected chi connectivity index (χ2v) is 3.86. The van der Waals surface area contributed by atoms with Gasteiger partial charge in [0, 0.05) is 19.5 Å². The van der Waals surface area contributed by atoms with Gasteiger partial charge in [0.15, 0.2) is 6.23 Å². The van der Waals surface area contributed by atoms with Gasteiger partial charge in [0.1, 0.15) is 0 Å². The van der Waals surface area contributed by atoms with Crippen LogP contribution in [-0.4, -0.2) is 30.1 Å². The first-order valence-corrected chi connectivity index (χ1v) is 5.31. The molecule has 1 heterocycles. The van der Waals surface area contributed by atoms with Gasteiger partial charge in [-0.2, -0.15) is 0 Å². The molecule has 0 aromatic heterocycles. The molecule has 1 atom stereocenters. The van der Waals surface area contributed by atoms with Gasteiger partial charge in [-0.1, -0.05) is 30.3 Å². The number of rotatable bonds is 2. The number of carbonyl (C=O) groups excluding carboxylic acids is 2. The molecule has 0 radical (unpaired) electrons. The minimum absolute atomic E-state index is 0.137. The maximum atomic E-state index is 12.0. The Hall–Kier alpha value is -2.10. The topological polar surface area (TPSA) is 46.6 Å².